The number of carbonyl (C=O) groups excluding carboxylic acids is 1. The molecular weight excluding hydrogens is 272 g/mol. The van der Waals surface area contributed by atoms with E-state index in [2.05, 4.69) is 5.32 Å². The molecule has 0 bridgehead atoms. The number of urea groups is 1. The van der Waals surface area contributed by atoms with Crippen LogP contribution in [0.25, 0.3) is 0 Å². The largest absolute Gasteiger partial charge is 0.481 e. The summed E-state index contributed by atoms with van der Waals surface area (Å²) in [6.45, 7) is 3.87. The number of ether oxygens (including phenoxy) is 1. The van der Waals surface area contributed by atoms with E-state index in [1.807, 2.05) is 6.92 Å². The van der Waals surface area contributed by atoms with Crippen LogP contribution in [0.5, 0.6) is 0 Å². The van der Waals surface area contributed by atoms with Crippen LogP contribution in [-0.2, 0) is 9.53 Å². The van der Waals surface area contributed by atoms with Gasteiger partial charge < -0.3 is 20.1 Å². The van der Waals surface area contributed by atoms with Crippen molar-refractivity contribution in [2.45, 2.75) is 45.1 Å². The first-order valence-electron chi connectivity index (χ1n) is 7.74. The average molecular weight is 298 g/mol. The molecule has 2 atom stereocenters. The number of nitrogens with zero attached hydrogens (tertiary/aromatic N) is 1. The van der Waals surface area contributed by atoms with Crippen molar-refractivity contribution in [1.82, 2.24) is 10.2 Å². The van der Waals surface area contributed by atoms with Gasteiger partial charge in [0, 0.05) is 32.8 Å². The molecule has 2 rings (SSSR count). The number of carboxylic acids is 1. The summed E-state index contributed by atoms with van der Waals surface area (Å²) in [5.41, 5.74) is 0.230. The normalized spacial score (nSPS) is 27.2. The molecule has 0 spiro atoms. The number of aliphatic carboxylic acids is 1. The van der Waals surface area contributed by atoms with E-state index >= 15 is 0 Å². The summed E-state index contributed by atoms with van der Waals surface area (Å²) < 4.78 is 5.11. The van der Waals surface area contributed by atoms with Crippen molar-refractivity contribution in [3.63, 3.8) is 0 Å². The standard InChI is InChI=1S/C15H26N2O4/c1-11-9-12(13(18)19)3-7-17(11)14(20)16-10-15(4-5-15)6-8-21-2/h11-12H,3-10H2,1-2H3,(H,16,20)(H,18,19). The fourth-order valence-corrected chi connectivity index (χ4v) is 3.07. The van der Waals surface area contributed by atoms with Gasteiger partial charge in [-0.05, 0) is 44.4 Å². The van der Waals surface area contributed by atoms with Gasteiger partial charge in [-0.2, -0.15) is 0 Å². The highest BCUT2D eigenvalue weighted by Gasteiger charge is 2.42. The van der Waals surface area contributed by atoms with E-state index in [0.29, 0.717) is 25.9 Å². The first-order chi connectivity index (χ1) is 9.97. The lowest BCUT2D eigenvalue weighted by Crippen LogP contribution is -2.51. The summed E-state index contributed by atoms with van der Waals surface area (Å²) >= 11 is 0. The van der Waals surface area contributed by atoms with Crippen LogP contribution in [0, 0.1) is 11.3 Å². The number of carbonyl (C=O) groups is 2. The number of piperidine rings is 1. The third-order valence-corrected chi connectivity index (χ3v) is 4.89. The Morgan fingerprint density at radius 1 is 1.43 bits per heavy atom. The van der Waals surface area contributed by atoms with E-state index in [-0.39, 0.29) is 23.4 Å². The smallest absolute Gasteiger partial charge is 0.317 e. The summed E-state index contributed by atoms with van der Waals surface area (Å²) in [5, 5.41) is 12.1. The lowest BCUT2D eigenvalue weighted by molar-refractivity contribution is -0.143. The molecule has 1 aliphatic heterocycles. The Balaban J connectivity index is 1.77. The first kappa shape index (κ1) is 16.1. The number of likely N-dealkylation sites (tertiary alicyclic amines) is 1. The van der Waals surface area contributed by atoms with Crippen molar-refractivity contribution in [3.8, 4) is 0 Å². The zero-order chi connectivity index (χ0) is 15.5. The minimum absolute atomic E-state index is 0.0195. The van der Waals surface area contributed by atoms with Gasteiger partial charge in [-0.3, -0.25) is 4.79 Å². The molecule has 0 aromatic carbocycles. The quantitative estimate of drug-likeness (QED) is 0.782. The second-order valence-electron chi connectivity index (χ2n) is 6.50. The number of hydrogen-bond acceptors (Lipinski definition) is 3. The molecule has 0 radical (unpaired) electrons. The minimum atomic E-state index is -0.751. The van der Waals surface area contributed by atoms with Crippen LogP contribution in [-0.4, -0.2) is 54.9 Å². The molecule has 21 heavy (non-hydrogen) atoms. The number of rotatable bonds is 6. The van der Waals surface area contributed by atoms with E-state index in [1.54, 1.807) is 12.0 Å². The maximum atomic E-state index is 12.3. The third-order valence-electron chi connectivity index (χ3n) is 4.89. The number of amides is 2. The van der Waals surface area contributed by atoms with Crippen LogP contribution in [0.15, 0.2) is 0 Å². The zero-order valence-electron chi connectivity index (χ0n) is 12.9. The van der Waals surface area contributed by atoms with Crippen molar-refractivity contribution < 1.29 is 19.4 Å². The van der Waals surface area contributed by atoms with E-state index in [4.69, 9.17) is 9.84 Å². The average Bonchev–Trinajstić information content (AvgIpc) is 3.23. The summed E-state index contributed by atoms with van der Waals surface area (Å²) in [6.07, 6.45) is 4.36. The highest BCUT2D eigenvalue weighted by atomic mass is 16.5. The molecule has 6 nitrogen and oxygen atoms in total. The van der Waals surface area contributed by atoms with Gasteiger partial charge >= 0.3 is 12.0 Å². The second kappa shape index (κ2) is 6.64. The summed E-state index contributed by atoms with van der Waals surface area (Å²) in [6, 6.07) is -0.0796. The molecule has 1 heterocycles. The molecule has 1 saturated carbocycles. The topological polar surface area (TPSA) is 78.9 Å². The van der Waals surface area contributed by atoms with Crippen molar-refractivity contribution in [1.29, 1.82) is 0 Å². The predicted molar refractivity (Wildman–Crippen MR) is 78.1 cm³/mol. The van der Waals surface area contributed by atoms with Crippen LogP contribution in [0.3, 0.4) is 0 Å². The first-order valence-corrected chi connectivity index (χ1v) is 7.74. The lowest BCUT2D eigenvalue weighted by Gasteiger charge is -2.36. The maximum Gasteiger partial charge on any atom is 0.317 e. The Morgan fingerprint density at radius 3 is 2.67 bits per heavy atom. The van der Waals surface area contributed by atoms with E-state index in [0.717, 1.165) is 25.9 Å². The maximum absolute atomic E-state index is 12.3. The molecule has 1 saturated heterocycles. The number of hydrogen-bond donors (Lipinski definition) is 2. The van der Waals surface area contributed by atoms with Crippen molar-refractivity contribution in [2.24, 2.45) is 11.3 Å². The minimum Gasteiger partial charge on any atom is -0.481 e. The molecule has 0 aromatic heterocycles. The van der Waals surface area contributed by atoms with Gasteiger partial charge in [-0.15, -0.1) is 0 Å². The van der Waals surface area contributed by atoms with Gasteiger partial charge in [-0.1, -0.05) is 0 Å². The fourth-order valence-electron chi connectivity index (χ4n) is 3.07. The highest BCUT2D eigenvalue weighted by Crippen LogP contribution is 2.48. The SMILES string of the molecule is COCCC1(CNC(=O)N2CCC(C(=O)O)CC2C)CC1. The van der Waals surface area contributed by atoms with E-state index < -0.39 is 5.97 Å². The summed E-state index contributed by atoms with van der Waals surface area (Å²) in [4.78, 5) is 25.1. The van der Waals surface area contributed by atoms with Crippen molar-refractivity contribution in [3.05, 3.63) is 0 Å². The zero-order valence-corrected chi connectivity index (χ0v) is 12.9. The lowest BCUT2D eigenvalue weighted by atomic mass is 9.92. The summed E-state index contributed by atoms with van der Waals surface area (Å²) in [5.74, 6) is -1.07. The second-order valence-corrected chi connectivity index (χ2v) is 6.50. The Bertz CT molecular complexity index is 395. The molecule has 2 aliphatic rings. The third kappa shape index (κ3) is 4.09. The molecule has 2 N–H and O–H groups in total. The Morgan fingerprint density at radius 2 is 2.14 bits per heavy atom. The van der Waals surface area contributed by atoms with Crippen molar-refractivity contribution >= 4 is 12.0 Å². The number of nitrogens with one attached hydrogen (secondary N) is 1. The molecular formula is C15H26N2O4. The van der Waals surface area contributed by atoms with Gasteiger partial charge in [0.05, 0.1) is 5.92 Å². The van der Waals surface area contributed by atoms with E-state index in [1.165, 1.54) is 0 Å². The molecule has 6 heteroatoms. The van der Waals surface area contributed by atoms with Gasteiger partial charge in [0.1, 0.15) is 0 Å². The van der Waals surface area contributed by atoms with Crippen LogP contribution < -0.4 is 5.32 Å². The molecule has 120 valence electrons. The number of methoxy groups -OCH3 is 1. The van der Waals surface area contributed by atoms with Gasteiger partial charge in [0.15, 0.2) is 0 Å². The molecule has 2 amide bonds. The Labute approximate surface area is 125 Å². The predicted octanol–water partition coefficient (Wildman–Crippen LogP) is 1.70. The van der Waals surface area contributed by atoms with E-state index in [9.17, 15) is 9.59 Å². The van der Waals surface area contributed by atoms with Crippen LogP contribution in [0.1, 0.15) is 39.0 Å². The Kier molecular flexibility index (Phi) is 5.08. The van der Waals surface area contributed by atoms with Gasteiger partial charge in [0.2, 0.25) is 0 Å². The van der Waals surface area contributed by atoms with Gasteiger partial charge in [0.25, 0.3) is 0 Å². The van der Waals surface area contributed by atoms with Crippen molar-refractivity contribution in [2.75, 3.05) is 26.8 Å². The Hall–Kier alpha value is -1.30. The molecule has 1 aliphatic carbocycles. The monoisotopic (exact) mass is 298 g/mol. The molecule has 2 unspecified atom stereocenters. The fraction of sp³-hybridized carbons (Fsp3) is 0.867. The van der Waals surface area contributed by atoms with Crippen LogP contribution in [0.4, 0.5) is 4.79 Å². The van der Waals surface area contributed by atoms with Gasteiger partial charge in [-0.25, -0.2) is 4.79 Å². The molecule has 0 aromatic rings. The van der Waals surface area contributed by atoms with Crippen LogP contribution in [0.2, 0.25) is 0 Å². The van der Waals surface area contributed by atoms with Crippen LogP contribution >= 0.6 is 0 Å². The highest BCUT2D eigenvalue weighted by molar-refractivity contribution is 5.76. The number of carboxylic acid groups (broad SMARTS) is 1. The molecule has 2 fully saturated rings. The summed E-state index contributed by atoms with van der Waals surface area (Å²) in [7, 11) is 1.70.